The number of rotatable bonds is 5. The molecule has 12 heteroatoms. The molecule has 162 valence electrons. The topological polar surface area (TPSA) is 83.0 Å². The minimum Gasteiger partial charge on any atom is -0.386 e. The molecule has 0 spiro atoms. The van der Waals surface area contributed by atoms with Gasteiger partial charge in [0.15, 0.2) is 5.82 Å². The normalized spacial score (nSPS) is 23.9. The Balaban J connectivity index is 1.93. The third-order valence-corrected chi connectivity index (χ3v) is 4.90. The Hall–Kier alpha value is -2.11. The molecule has 1 fully saturated rings. The van der Waals surface area contributed by atoms with Crippen LogP contribution in [0.5, 0.6) is 0 Å². The van der Waals surface area contributed by atoms with Crippen molar-refractivity contribution in [3.05, 3.63) is 11.7 Å². The lowest BCUT2D eigenvalue weighted by molar-refractivity contribution is -0.138. The molecule has 1 heterocycles. The van der Waals surface area contributed by atoms with Gasteiger partial charge in [0.05, 0.1) is 0 Å². The molecule has 2 atom stereocenters. The molecule has 6 nitrogen and oxygen atoms in total. The zero-order valence-electron chi connectivity index (χ0n) is 15.5. The first-order valence-corrected chi connectivity index (χ1v) is 9.25. The van der Waals surface area contributed by atoms with E-state index in [9.17, 15) is 31.4 Å². The summed E-state index contributed by atoms with van der Waals surface area (Å²) >= 11 is 0. The van der Waals surface area contributed by atoms with E-state index in [0.717, 1.165) is 6.92 Å². The van der Waals surface area contributed by atoms with E-state index in [1.165, 1.54) is 0 Å². The summed E-state index contributed by atoms with van der Waals surface area (Å²) in [5.74, 6) is -4.59. The first-order chi connectivity index (χ1) is 13.4. The Bertz CT molecular complexity index is 776. The number of hydrogen-bond donors (Lipinski definition) is 3. The fourth-order valence-corrected chi connectivity index (χ4v) is 3.17. The maximum atomic E-state index is 14.6. The number of hydrogen-bond acceptors (Lipinski definition) is 6. The number of nitrogens with zero attached hydrogens (tertiary/aromatic N) is 3. The molecule has 0 bridgehead atoms. The zero-order chi connectivity index (χ0) is 21.4. The van der Waals surface area contributed by atoms with Crippen molar-refractivity contribution in [2.45, 2.75) is 75.7 Å². The van der Waals surface area contributed by atoms with Crippen molar-refractivity contribution in [2.24, 2.45) is 0 Å². The highest BCUT2D eigenvalue weighted by Gasteiger charge is 2.45. The fraction of sp³-hybridized carbons (Fsp3) is 0.706. The van der Waals surface area contributed by atoms with Gasteiger partial charge in [-0.1, -0.05) is 6.42 Å². The number of aromatic nitrogens is 3. The van der Waals surface area contributed by atoms with Crippen molar-refractivity contribution in [1.29, 1.82) is 0 Å². The standard InChI is InChI=1S/C17H21F6N5O/c1-8(17(21,22)23)24-14-26-13(10-4-2-3-5-11(29)12(10)18)27-15(28-14)25-9-6-16(19,20)7-9/h8-9,11,29H,2-7H2,1H3,(H2,24,25,26,27,28)/t8-,11?/m1/s1. The molecular weight excluding hydrogens is 404 g/mol. The lowest BCUT2D eigenvalue weighted by Gasteiger charge is -2.35. The molecule has 1 aromatic rings. The van der Waals surface area contributed by atoms with Gasteiger partial charge >= 0.3 is 6.18 Å². The maximum absolute atomic E-state index is 14.6. The largest absolute Gasteiger partial charge is 0.408 e. The monoisotopic (exact) mass is 425 g/mol. The predicted molar refractivity (Wildman–Crippen MR) is 93.1 cm³/mol. The second-order valence-corrected chi connectivity index (χ2v) is 7.41. The molecule has 0 aliphatic heterocycles. The van der Waals surface area contributed by atoms with Crippen LogP contribution in [0.4, 0.5) is 38.2 Å². The minimum atomic E-state index is -4.58. The molecule has 2 aliphatic carbocycles. The first kappa shape index (κ1) is 21.6. The van der Waals surface area contributed by atoms with Crippen LogP contribution in [-0.2, 0) is 0 Å². The molecule has 0 aromatic carbocycles. The average molecular weight is 425 g/mol. The van der Waals surface area contributed by atoms with E-state index >= 15 is 0 Å². The summed E-state index contributed by atoms with van der Waals surface area (Å²) in [7, 11) is 0. The van der Waals surface area contributed by atoms with E-state index in [1.54, 1.807) is 0 Å². The molecule has 29 heavy (non-hydrogen) atoms. The highest BCUT2D eigenvalue weighted by molar-refractivity contribution is 5.64. The Labute approximate surface area is 162 Å². The summed E-state index contributed by atoms with van der Waals surface area (Å²) in [5, 5.41) is 14.6. The highest BCUT2D eigenvalue weighted by atomic mass is 19.4. The Kier molecular flexibility index (Phi) is 5.93. The lowest BCUT2D eigenvalue weighted by atomic mass is 9.88. The second-order valence-electron chi connectivity index (χ2n) is 7.41. The van der Waals surface area contributed by atoms with E-state index in [4.69, 9.17) is 0 Å². The van der Waals surface area contributed by atoms with E-state index in [0.29, 0.717) is 12.8 Å². The van der Waals surface area contributed by atoms with Crippen LogP contribution in [0.25, 0.3) is 5.57 Å². The van der Waals surface area contributed by atoms with Crippen molar-refractivity contribution < 1.29 is 31.4 Å². The van der Waals surface area contributed by atoms with Crippen LogP contribution in [0.3, 0.4) is 0 Å². The number of aliphatic hydroxyl groups excluding tert-OH is 1. The van der Waals surface area contributed by atoms with Crippen LogP contribution in [-0.4, -0.2) is 50.3 Å². The van der Waals surface area contributed by atoms with Crippen LogP contribution >= 0.6 is 0 Å². The minimum absolute atomic E-state index is 0.0258. The van der Waals surface area contributed by atoms with Gasteiger partial charge in [-0.05, 0) is 26.2 Å². The smallest absolute Gasteiger partial charge is 0.386 e. The van der Waals surface area contributed by atoms with Crippen molar-refractivity contribution in [1.82, 2.24) is 15.0 Å². The summed E-state index contributed by atoms with van der Waals surface area (Å²) in [5.41, 5.74) is -0.0258. The summed E-state index contributed by atoms with van der Waals surface area (Å²) in [6, 6.07) is -2.66. The van der Waals surface area contributed by atoms with E-state index < -0.39 is 54.9 Å². The summed E-state index contributed by atoms with van der Waals surface area (Å²) < 4.78 is 79.3. The Morgan fingerprint density at radius 3 is 2.38 bits per heavy atom. The van der Waals surface area contributed by atoms with Gasteiger partial charge in [-0.3, -0.25) is 0 Å². The van der Waals surface area contributed by atoms with Gasteiger partial charge in [0, 0.05) is 24.5 Å². The number of halogens is 6. The van der Waals surface area contributed by atoms with Crippen LogP contribution in [0.1, 0.15) is 51.3 Å². The second kappa shape index (κ2) is 7.96. The van der Waals surface area contributed by atoms with Crippen LogP contribution in [0.2, 0.25) is 0 Å². The zero-order valence-corrected chi connectivity index (χ0v) is 15.5. The maximum Gasteiger partial charge on any atom is 0.408 e. The van der Waals surface area contributed by atoms with E-state index in [1.807, 2.05) is 0 Å². The number of nitrogens with one attached hydrogen (secondary N) is 2. The molecule has 2 aliphatic rings. The summed E-state index contributed by atoms with van der Waals surface area (Å²) in [4.78, 5) is 11.7. The summed E-state index contributed by atoms with van der Waals surface area (Å²) in [6.45, 7) is 0.859. The molecule has 1 aromatic heterocycles. The van der Waals surface area contributed by atoms with Gasteiger partial charge in [-0.15, -0.1) is 0 Å². The van der Waals surface area contributed by atoms with Gasteiger partial charge in [0.2, 0.25) is 11.9 Å². The third-order valence-electron chi connectivity index (χ3n) is 4.90. The molecule has 0 amide bonds. The Morgan fingerprint density at radius 1 is 1.10 bits per heavy atom. The molecular formula is C17H21F6N5O. The van der Waals surface area contributed by atoms with E-state index in [-0.39, 0.29) is 30.2 Å². The van der Waals surface area contributed by atoms with Crippen molar-refractivity contribution >= 4 is 17.5 Å². The van der Waals surface area contributed by atoms with Crippen LogP contribution in [0.15, 0.2) is 5.83 Å². The van der Waals surface area contributed by atoms with Crippen molar-refractivity contribution in [3.63, 3.8) is 0 Å². The molecule has 3 rings (SSSR count). The van der Waals surface area contributed by atoms with Crippen molar-refractivity contribution in [2.75, 3.05) is 10.6 Å². The average Bonchev–Trinajstić information content (AvgIpc) is 2.74. The number of alkyl halides is 5. The quantitative estimate of drug-likeness (QED) is 0.618. The molecule has 1 unspecified atom stereocenters. The van der Waals surface area contributed by atoms with Gasteiger partial charge in [0.1, 0.15) is 18.0 Å². The van der Waals surface area contributed by atoms with Crippen LogP contribution < -0.4 is 10.6 Å². The van der Waals surface area contributed by atoms with E-state index in [2.05, 4.69) is 25.6 Å². The molecule has 0 saturated heterocycles. The van der Waals surface area contributed by atoms with Crippen LogP contribution in [0, 0.1) is 0 Å². The number of anilines is 2. The lowest BCUT2D eigenvalue weighted by Crippen LogP contribution is -2.44. The van der Waals surface area contributed by atoms with Gasteiger partial charge < -0.3 is 15.7 Å². The van der Waals surface area contributed by atoms with Gasteiger partial charge in [-0.25, -0.2) is 13.2 Å². The Morgan fingerprint density at radius 2 is 1.76 bits per heavy atom. The summed E-state index contributed by atoms with van der Waals surface area (Å²) in [6.07, 6.45) is -5.39. The molecule has 3 N–H and O–H groups in total. The first-order valence-electron chi connectivity index (χ1n) is 9.25. The van der Waals surface area contributed by atoms with Gasteiger partial charge in [-0.2, -0.15) is 28.1 Å². The highest BCUT2D eigenvalue weighted by Crippen LogP contribution is 2.39. The predicted octanol–water partition coefficient (Wildman–Crippen LogP) is 4.06. The molecule has 0 radical (unpaired) electrons. The number of allylic oxidation sites excluding steroid dienone is 1. The fourth-order valence-electron chi connectivity index (χ4n) is 3.17. The third kappa shape index (κ3) is 5.28. The van der Waals surface area contributed by atoms with Gasteiger partial charge in [0.25, 0.3) is 5.92 Å². The van der Waals surface area contributed by atoms with Crippen molar-refractivity contribution in [3.8, 4) is 0 Å². The SMILES string of the molecule is C[C@@H](Nc1nc(NC2CC(F)(F)C2)nc(C2=C(F)C(O)CCCC2)n1)C(F)(F)F. The molecule has 1 saturated carbocycles. The number of aliphatic hydroxyl groups is 1.